The summed E-state index contributed by atoms with van der Waals surface area (Å²) in [6.07, 6.45) is 29.2. The highest BCUT2D eigenvalue weighted by molar-refractivity contribution is 5.97. The Labute approximate surface area is 370 Å². The first-order chi connectivity index (χ1) is 29.4. The minimum atomic E-state index is -2.15. The van der Waals surface area contributed by atoms with Gasteiger partial charge in [-0.2, -0.15) is 0 Å². The van der Waals surface area contributed by atoms with Gasteiger partial charge in [0.2, 0.25) is 0 Å². The lowest BCUT2D eigenvalue weighted by atomic mass is 9.37. The Morgan fingerprint density at radius 1 is 0.903 bits per heavy atom. The molecule has 4 fully saturated rings. The summed E-state index contributed by atoms with van der Waals surface area (Å²) in [6, 6.07) is 0. The predicted molar refractivity (Wildman–Crippen MR) is 240 cm³/mol. The number of rotatable bonds is 21. The van der Waals surface area contributed by atoms with Crippen molar-refractivity contribution in [3.8, 4) is 0 Å². The Morgan fingerprint density at radius 3 is 1.97 bits per heavy atom. The van der Waals surface area contributed by atoms with Crippen LogP contribution in [-0.2, 0) is 33.4 Å². The third-order valence-corrected chi connectivity index (χ3v) is 15.1. The second-order valence-electron chi connectivity index (χ2n) is 19.4. The molecule has 0 aromatic carbocycles. The Hall–Kier alpha value is -3.70. The molecule has 0 radical (unpaired) electrons. The van der Waals surface area contributed by atoms with Crippen LogP contribution in [0.4, 0.5) is 0 Å². The van der Waals surface area contributed by atoms with Crippen molar-refractivity contribution in [3.05, 3.63) is 84.6 Å². The quantitative estimate of drug-likeness (QED) is 0.0753. The molecule has 2 saturated carbocycles. The van der Waals surface area contributed by atoms with Gasteiger partial charge in [0.1, 0.15) is 18.0 Å². The smallest absolute Gasteiger partial charge is 0.309 e. The standard InChI is InChI=1S/C52H74O10/c1-9-10-11-12-13-14-15-16-17-18-19-20-21-22-23-24-25-26-27-28-43(55)62-46-41(54)29-36(6)40-31-42-50-33-60-52(59,48(50)49(40,46)8)45(56)37(7)44(50)39(47(57)61-42)30-38(53)32-51(58,34(2)3)35(4)5/h10-11,13-14,16-17,19-20,22-23,25-26,29,34-35,37,39-40,42,44-46,48,56,58-59H,9,12,15,18,21,24,27-28,30-33H2,1-8H3/b11-10-,14-13-,17-16-,20-19-,23-22-,26-25-/t37-,39?,40+,42-,44?,45-,46-,48?,49-,50+,52+/m1/s1. The van der Waals surface area contributed by atoms with E-state index in [0.717, 1.165) is 32.1 Å². The first-order valence-electron chi connectivity index (χ1n) is 23.2. The van der Waals surface area contributed by atoms with E-state index in [0.29, 0.717) is 24.8 Å². The van der Waals surface area contributed by atoms with Gasteiger partial charge >= 0.3 is 11.9 Å². The van der Waals surface area contributed by atoms with E-state index in [4.69, 9.17) is 14.2 Å². The number of ether oxygens (including phenoxy) is 3. The topological polar surface area (TPSA) is 157 Å². The highest BCUT2D eigenvalue weighted by atomic mass is 16.7. The van der Waals surface area contributed by atoms with Crippen molar-refractivity contribution in [2.75, 3.05) is 6.61 Å². The lowest BCUT2D eigenvalue weighted by Gasteiger charge is -2.68. The van der Waals surface area contributed by atoms with E-state index in [1.165, 1.54) is 6.08 Å². The molecule has 62 heavy (non-hydrogen) atoms. The Balaban J connectivity index is 1.24. The second-order valence-corrected chi connectivity index (χ2v) is 19.4. The van der Waals surface area contributed by atoms with Gasteiger partial charge in [-0.05, 0) is 94.0 Å². The van der Waals surface area contributed by atoms with Crippen LogP contribution in [0.15, 0.2) is 84.6 Å². The minimum Gasteiger partial charge on any atom is -0.461 e. The first kappa shape index (κ1) is 49.3. The van der Waals surface area contributed by atoms with E-state index < -0.39 is 87.8 Å². The molecule has 10 nitrogen and oxygen atoms in total. The van der Waals surface area contributed by atoms with Gasteiger partial charge in [-0.1, -0.05) is 127 Å². The third kappa shape index (κ3) is 9.69. The molecule has 5 aliphatic rings. The van der Waals surface area contributed by atoms with Crippen molar-refractivity contribution in [1.82, 2.24) is 0 Å². The lowest BCUT2D eigenvalue weighted by Crippen LogP contribution is -2.77. The maximum Gasteiger partial charge on any atom is 0.309 e. The zero-order valence-electron chi connectivity index (χ0n) is 38.5. The number of esters is 2. The van der Waals surface area contributed by atoms with E-state index in [-0.39, 0.29) is 43.5 Å². The molecule has 3 unspecified atom stereocenters. The van der Waals surface area contributed by atoms with E-state index >= 15 is 0 Å². The van der Waals surface area contributed by atoms with Crippen molar-refractivity contribution in [2.24, 2.45) is 52.3 Å². The maximum absolute atomic E-state index is 14.0. The fourth-order valence-electron chi connectivity index (χ4n) is 11.9. The summed E-state index contributed by atoms with van der Waals surface area (Å²) < 4.78 is 18.7. The largest absolute Gasteiger partial charge is 0.461 e. The van der Waals surface area contributed by atoms with Crippen LogP contribution in [0.25, 0.3) is 0 Å². The third-order valence-electron chi connectivity index (χ3n) is 15.1. The Bertz CT molecular complexity index is 1820. The maximum atomic E-state index is 14.0. The molecule has 5 rings (SSSR count). The lowest BCUT2D eigenvalue weighted by molar-refractivity contribution is -0.337. The average Bonchev–Trinajstić information content (AvgIpc) is 3.50. The number of aliphatic hydroxyl groups excluding tert-OH is 1. The number of carbonyl (C=O) groups excluding carboxylic acids is 4. The molecule has 2 bridgehead atoms. The molecular weight excluding hydrogens is 785 g/mol. The molecule has 10 heteroatoms. The second kappa shape index (κ2) is 20.9. The highest BCUT2D eigenvalue weighted by Crippen LogP contribution is 2.74. The first-order valence-corrected chi connectivity index (χ1v) is 23.2. The molecule has 2 aliphatic heterocycles. The van der Waals surface area contributed by atoms with Gasteiger partial charge < -0.3 is 29.5 Å². The minimum absolute atomic E-state index is 0.0395. The monoisotopic (exact) mass is 859 g/mol. The predicted octanol–water partition coefficient (Wildman–Crippen LogP) is 8.81. The van der Waals surface area contributed by atoms with Crippen LogP contribution < -0.4 is 0 Å². The summed E-state index contributed by atoms with van der Waals surface area (Å²) in [5.41, 5.74) is -2.93. The summed E-state index contributed by atoms with van der Waals surface area (Å²) in [4.78, 5) is 55.5. The van der Waals surface area contributed by atoms with E-state index in [1.807, 2.05) is 53.7 Å². The van der Waals surface area contributed by atoms with Crippen molar-refractivity contribution in [1.29, 1.82) is 0 Å². The molecule has 2 saturated heterocycles. The fraction of sp³-hybridized carbons (Fsp3) is 0.654. The van der Waals surface area contributed by atoms with Crippen molar-refractivity contribution >= 4 is 23.5 Å². The molecule has 0 aromatic heterocycles. The van der Waals surface area contributed by atoms with Crippen LogP contribution in [0.5, 0.6) is 0 Å². The zero-order valence-corrected chi connectivity index (χ0v) is 38.5. The summed E-state index contributed by atoms with van der Waals surface area (Å²) in [5.74, 6) is -8.21. The van der Waals surface area contributed by atoms with Gasteiger partial charge in [0.25, 0.3) is 0 Å². The van der Waals surface area contributed by atoms with Gasteiger partial charge in [0.05, 0.1) is 18.1 Å². The number of hydrogen-bond donors (Lipinski definition) is 3. The van der Waals surface area contributed by atoms with Crippen molar-refractivity contribution in [2.45, 2.75) is 156 Å². The Kier molecular flexibility index (Phi) is 16.6. The van der Waals surface area contributed by atoms with E-state index in [1.54, 1.807) is 6.92 Å². The molecule has 342 valence electrons. The Morgan fingerprint density at radius 2 is 1.44 bits per heavy atom. The number of hydrogen-bond acceptors (Lipinski definition) is 10. The van der Waals surface area contributed by atoms with Crippen molar-refractivity contribution < 1.29 is 48.7 Å². The van der Waals surface area contributed by atoms with Gasteiger partial charge in [-0.25, -0.2) is 0 Å². The van der Waals surface area contributed by atoms with Crippen molar-refractivity contribution in [3.63, 3.8) is 0 Å². The SMILES string of the molecule is CC/C=C\C/C=C\C/C=C\C/C=C\C/C=C\C/C=C\CCC(=O)O[C@@H]1C(=O)C=C(C)[C@@H]2C[C@H]3OC(=O)C(CC(=O)CC(O)(C(C)C)C(C)C)C4[C@@H](C)[C@@H](O)[C@]5(O)OC[C@@]43C5[C@@]12C. The van der Waals surface area contributed by atoms with Crippen LogP contribution in [0.1, 0.15) is 126 Å². The normalized spacial score (nSPS) is 34.7. The number of allylic oxidation sites excluding steroid dienone is 13. The molecule has 0 aromatic rings. The molecule has 11 atom stereocenters. The van der Waals surface area contributed by atoms with E-state index in [9.17, 15) is 34.5 Å². The van der Waals surface area contributed by atoms with Crippen LogP contribution in [-0.4, -0.2) is 75.1 Å². The number of fused-ring (bicyclic) bond motifs is 1. The number of aliphatic hydroxyl groups is 3. The molecule has 1 spiro atoms. The molecule has 3 N–H and O–H groups in total. The molecule has 0 amide bonds. The number of Topliss-reactive ketones (excluding diaryl/α,β-unsaturated/α-hetero) is 1. The summed E-state index contributed by atoms with van der Waals surface area (Å²) in [5, 5.41) is 36.0. The fourth-order valence-corrected chi connectivity index (χ4v) is 11.9. The van der Waals surface area contributed by atoms with Gasteiger partial charge in [-0.15, -0.1) is 0 Å². The summed E-state index contributed by atoms with van der Waals surface area (Å²) >= 11 is 0. The van der Waals surface area contributed by atoms with Crippen LogP contribution in [0.2, 0.25) is 0 Å². The zero-order chi connectivity index (χ0) is 45.5. The molecule has 3 aliphatic carbocycles. The van der Waals surface area contributed by atoms with Gasteiger partial charge in [-0.3, -0.25) is 19.2 Å². The number of ketones is 2. The van der Waals surface area contributed by atoms with E-state index in [2.05, 4.69) is 67.7 Å². The molecular formula is C52H74O10. The summed E-state index contributed by atoms with van der Waals surface area (Å²) in [7, 11) is 0. The molecule has 2 heterocycles. The van der Waals surface area contributed by atoms with Crippen LogP contribution in [0.3, 0.4) is 0 Å². The van der Waals surface area contributed by atoms with Gasteiger partial charge in [0.15, 0.2) is 17.7 Å². The number of carbonyl (C=O) groups is 4. The van der Waals surface area contributed by atoms with Crippen LogP contribution in [0, 0.1) is 52.3 Å². The van der Waals surface area contributed by atoms with Crippen LogP contribution >= 0.6 is 0 Å². The average molecular weight is 859 g/mol. The summed E-state index contributed by atoms with van der Waals surface area (Å²) in [6.45, 7) is 14.9. The highest BCUT2D eigenvalue weighted by Gasteiger charge is 2.83. The van der Waals surface area contributed by atoms with Gasteiger partial charge in [0, 0.05) is 36.0 Å².